The number of carbonyl (C=O) groups is 4. The Bertz CT molecular complexity index is 1970. The van der Waals surface area contributed by atoms with Crippen molar-refractivity contribution in [3.05, 3.63) is 0 Å². The fourth-order valence-electron chi connectivity index (χ4n) is 12.6. The summed E-state index contributed by atoms with van der Waals surface area (Å²) in [7, 11) is -9.92. The number of phosphoric acid groups is 2. The van der Waals surface area contributed by atoms with Crippen LogP contribution in [0.1, 0.15) is 421 Å². The third kappa shape index (κ3) is 76.1. The zero-order valence-electron chi connectivity index (χ0n) is 66.5. The van der Waals surface area contributed by atoms with E-state index in [0.717, 1.165) is 114 Å². The number of aliphatic hydroxyl groups is 1. The maximum atomic E-state index is 13.1. The molecule has 0 aliphatic heterocycles. The van der Waals surface area contributed by atoms with E-state index in [4.69, 9.17) is 37.0 Å². The third-order valence-corrected chi connectivity index (χ3v) is 21.0. The topological polar surface area (TPSA) is 237 Å². The highest BCUT2D eigenvalue weighted by molar-refractivity contribution is 7.47. The minimum atomic E-state index is -4.96. The van der Waals surface area contributed by atoms with Crippen LogP contribution in [-0.4, -0.2) is 96.7 Å². The van der Waals surface area contributed by atoms with Crippen molar-refractivity contribution in [1.82, 2.24) is 0 Å². The normalized spacial score (nSPS) is 14.0. The predicted octanol–water partition coefficient (Wildman–Crippen LogP) is 24.4. The van der Waals surface area contributed by atoms with Crippen LogP contribution >= 0.6 is 15.6 Å². The van der Waals surface area contributed by atoms with Crippen LogP contribution in [0.4, 0.5) is 0 Å². The molecule has 0 aromatic heterocycles. The van der Waals surface area contributed by atoms with Crippen LogP contribution in [0.15, 0.2) is 0 Å². The van der Waals surface area contributed by atoms with Gasteiger partial charge in [0.15, 0.2) is 12.2 Å². The maximum Gasteiger partial charge on any atom is 0.472 e. The van der Waals surface area contributed by atoms with Gasteiger partial charge in [-0.2, -0.15) is 0 Å². The molecule has 3 N–H and O–H groups in total. The van der Waals surface area contributed by atoms with Crippen LogP contribution in [0.5, 0.6) is 0 Å². The predicted molar refractivity (Wildman–Crippen MR) is 414 cm³/mol. The minimum Gasteiger partial charge on any atom is -0.462 e. The van der Waals surface area contributed by atoms with Crippen molar-refractivity contribution in [2.75, 3.05) is 39.6 Å². The summed E-state index contributed by atoms with van der Waals surface area (Å²) >= 11 is 0. The second-order valence-corrected chi connectivity index (χ2v) is 34.3. The highest BCUT2D eigenvalue weighted by Crippen LogP contribution is 2.45. The van der Waals surface area contributed by atoms with Crippen molar-refractivity contribution < 1.29 is 80.2 Å². The molecule has 0 aliphatic rings. The molecule has 0 radical (unpaired) electrons. The first-order chi connectivity index (χ1) is 48.6. The van der Waals surface area contributed by atoms with E-state index in [1.165, 1.54) is 218 Å². The summed E-state index contributed by atoms with van der Waals surface area (Å²) in [5.41, 5.74) is 0. The Balaban J connectivity index is 5.17. The van der Waals surface area contributed by atoms with E-state index in [1.54, 1.807) is 0 Å². The summed E-state index contributed by atoms with van der Waals surface area (Å²) in [5, 5.41) is 10.6. The first-order valence-corrected chi connectivity index (χ1v) is 45.2. The summed E-state index contributed by atoms with van der Waals surface area (Å²) < 4.78 is 68.7. The largest absolute Gasteiger partial charge is 0.472 e. The number of esters is 4. The number of unbranched alkanes of at least 4 members (excludes halogenated alkanes) is 45. The van der Waals surface area contributed by atoms with Gasteiger partial charge in [-0.15, -0.1) is 0 Å². The Labute approximate surface area is 619 Å². The van der Waals surface area contributed by atoms with Gasteiger partial charge in [-0.3, -0.25) is 37.3 Å². The molecule has 0 fully saturated rings. The summed E-state index contributed by atoms with van der Waals surface area (Å²) in [5.74, 6) is 0.953. The Morgan fingerprint density at radius 3 is 0.614 bits per heavy atom. The smallest absolute Gasteiger partial charge is 0.462 e. The van der Waals surface area contributed by atoms with Gasteiger partial charge in [0.1, 0.15) is 19.3 Å². The lowest BCUT2D eigenvalue weighted by Crippen LogP contribution is -2.30. The van der Waals surface area contributed by atoms with E-state index in [-0.39, 0.29) is 25.7 Å². The number of aliphatic hydroxyl groups excluding tert-OH is 1. The Kier molecular flexibility index (Phi) is 69.6. The van der Waals surface area contributed by atoms with Gasteiger partial charge in [0.05, 0.1) is 26.4 Å². The van der Waals surface area contributed by atoms with Crippen molar-refractivity contribution >= 4 is 39.5 Å². The van der Waals surface area contributed by atoms with Crippen molar-refractivity contribution in [2.45, 2.75) is 440 Å². The van der Waals surface area contributed by atoms with Crippen molar-refractivity contribution in [2.24, 2.45) is 23.7 Å². The van der Waals surface area contributed by atoms with Gasteiger partial charge in [0.25, 0.3) is 0 Å². The van der Waals surface area contributed by atoms with E-state index in [0.29, 0.717) is 31.6 Å². The quantitative estimate of drug-likeness (QED) is 0.0222. The fourth-order valence-corrected chi connectivity index (χ4v) is 14.2. The van der Waals surface area contributed by atoms with E-state index >= 15 is 0 Å². The molecule has 0 aliphatic carbocycles. The van der Waals surface area contributed by atoms with E-state index < -0.39 is 97.5 Å². The molecule has 0 saturated heterocycles. The van der Waals surface area contributed by atoms with Crippen LogP contribution in [0.3, 0.4) is 0 Å². The number of phosphoric ester groups is 2. The average Bonchev–Trinajstić information content (AvgIpc) is 0.923. The van der Waals surface area contributed by atoms with Gasteiger partial charge >= 0.3 is 39.5 Å². The maximum absolute atomic E-state index is 13.1. The van der Waals surface area contributed by atoms with Crippen LogP contribution in [-0.2, 0) is 65.4 Å². The van der Waals surface area contributed by atoms with Crippen LogP contribution in [0, 0.1) is 23.7 Å². The van der Waals surface area contributed by atoms with Crippen LogP contribution in [0.2, 0.25) is 0 Å². The average molecular weight is 1480 g/mol. The number of carbonyl (C=O) groups excluding carboxylic acids is 4. The summed E-state index contributed by atoms with van der Waals surface area (Å²) in [6, 6.07) is 0. The molecule has 0 heterocycles. The Morgan fingerprint density at radius 1 is 0.248 bits per heavy atom. The van der Waals surface area contributed by atoms with E-state index in [1.807, 2.05) is 0 Å². The molecular weight excluding hydrogens is 1320 g/mol. The molecule has 0 rings (SSSR count). The molecule has 19 heteroatoms. The van der Waals surface area contributed by atoms with E-state index in [2.05, 4.69) is 55.4 Å². The van der Waals surface area contributed by atoms with Gasteiger partial charge in [-0.1, -0.05) is 370 Å². The third-order valence-electron chi connectivity index (χ3n) is 19.1. The van der Waals surface area contributed by atoms with Crippen molar-refractivity contribution in [1.29, 1.82) is 0 Å². The molecule has 0 bridgehead atoms. The van der Waals surface area contributed by atoms with Crippen LogP contribution < -0.4 is 0 Å². The second-order valence-electron chi connectivity index (χ2n) is 31.4. The van der Waals surface area contributed by atoms with Crippen molar-refractivity contribution in [3.63, 3.8) is 0 Å². The first kappa shape index (κ1) is 99.1. The number of ether oxygens (including phenoxy) is 4. The fraction of sp³-hybridized carbons (Fsp3) is 0.951. The monoisotopic (exact) mass is 1480 g/mol. The minimum absolute atomic E-state index is 0.105. The van der Waals surface area contributed by atoms with E-state index in [9.17, 15) is 43.2 Å². The first-order valence-electron chi connectivity index (χ1n) is 42.2. The zero-order chi connectivity index (χ0) is 74.6. The standard InChI is InChI=1S/C82H160O17P2/c1-72(2)58-50-42-34-27-22-18-14-11-9-10-12-16-21-25-31-39-48-56-64-81(86)98-78(69-93-80(85)63-55-47-41-33-37-45-53-61-75(7)8)71-97-101(90,91)95-67-76(83)66-94-100(88,89)96-70-77(99-82(87)65-57-49-40-32-26-29-36-44-52-60-74(5)6)68-92-79(84)62-54-46-38-30-24-20-17-13-15-19-23-28-35-43-51-59-73(3)4/h72-78,83H,9-71H2,1-8H3,(H,88,89)(H,90,91)/t76?,77-,78-/m1/s1. The molecule has 3 unspecified atom stereocenters. The molecule has 0 aromatic carbocycles. The summed E-state index contributed by atoms with van der Waals surface area (Å²) in [4.78, 5) is 73.0. The lowest BCUT2D eigenvalue weighted by atomic mass is 10.0. The van der Waals surface area contributed by atoms with Crippen molar-refractivity contribution in [3.8, 4) is 0 Å². The zero-order valence-corrected chi connectivity index (χ0v) is 68.3. The lowest BCUT2D eigenvalue weighted by Gasteiger charge is -2.21. The van der Waals surface area contributed by atoms with Gasteiger partial charge < -0.3 is 33.8 Å². The molecule has 0 saturated carbocycles. The van der Waals surface area contributed by atoms with Gasteiger partial charge in [-0.05, 0) is 49.4 Å². The number of hydrogen-bond donors (Lipinski definition) is 3. The second kappa shape index (κ2) is 71.0. The number of rotatable bonds is 79. The molecule has 600 valence electrons. The molecular formula is C82H160O17P2. The Morgan fingerprint density at radius 2 is 0.416 bits per heavy atom. The SMILES string of the molecule is CC(C)CCCCCCCCCCCCCCCCCCCCC(=O)O[C@H](COC(=O)CCCCCCCCCC(C)C)COP(=O)(O)OCC(O)COP(=O)(O)OC[C@@H](COC(=O)CCCCCCCCCCCCCCCCCC(C)C)OC(=O)CCCCCCCCCCCC(C)C. The van der Waals surface area contributed by atoms with Gasteiger partial charge in [0, 0.05) is 25.7 Å². The molecule has 0 amide bonds. The molecule has 5 atom stereocenters. The van der Waals surface area contributed by atoms with Gasteiger partial charge in [0.2, 0.25) is 0 Å². The molecule has 0 aromatic rings. The summed E-state index contributed by atoms with van der Waals surface area (Å²) in [6.45, 7) is 14.2. The Hall–Kier alpha value is -1.94. The molecule has 101 heavy (non-hydrogen) atoms. The highest BCUT2D eigenvalue weighted by Gasteiger charge is 2.30. The summed E-state index contributed by atoms with van der Waals surface area (Å²) in [6.07, 6.45) is 58.5. The van der Waals surface area contributed by atoms with Crippen LogP contribution in [0.25, 0.3) is 0 Å². The van der Waals surface area contributed by atoms with Gasteiger partial charge in [-0.25, -0.2) is 9.13 Å². The molecule has 17 nitrogen and oxygen atoms in total. The molecule has 0 spiro atoms. The number of hydrogen-bond acceptors (Lipinski definition) is 15. The highest BCUT2D eigenvalue weighted by atomic mass is 31.2. The lowest BCUT2D eigenvalue weighted by molar-refractivity contribution is -0.161.